The molecule has 342 valence electrons. The fourth-order valence-corrected chi connectivity index (χ4v) is 7.45. The molecule has 4 atom stereocenters. The van der Waals surface area contributed by atoms with Crippen LogP contribution in [0.25, 0.3) is 22.5 Å². The standard InChI is InChI=1S/C46H59N9O9/c1-24-37(25(2)51-40(50-24)28-8-11-30(12-9-28)46(4,5)6)42(58)53-33(14-15-47)44(60)55(7)38-29-10-13-35(63-18-16-48)31(23-29)32-20-27(22-36(39(32)56)64-19-17-49)21-34(45(61)62)54-41(57)26(3)52-43(38)59/h8-13,20,22-23,26,33-34,38,56H,14-19,21,47-49H2,1-7H3,(H,52,59)(H,53,58)(H,54,57)(H,61,62). The first-order valence-electron chi connectivity index (χ1n) is 21.0. The molecular weight excluding hydrogens is 823 g/mol. The van der Waals surface area contributed by atoms with Crippen molar-refractivity contribution in [3.05, 3.63) is 88.2 Å². The molecule has 4 amide bonds. The summed E-state index contributed by atoms with van der Waals surface area (Å²) in [6.45, 7) is 11.4. The third-order valence-corrected chi connectivity index (χ3v) is 10.9. The van der Waals surface area contributed by atoms with Gasteiger partial charge in [-0.05, 0) is 80.1 Å². The van der Waals surface area contributed by atoms with Crippen molar-refractivity contribution < 1.29 is 43.7 Å². The number of benzene rings is 3. The van der Waals surface area contributed by atoms with Crippen LogP contribution in [0.2, 0.25) is 0 Å². The summed E-state index contributed by atoms with van der Waals surface area (Å²) in [4.78, 5) is 79.5. The molecule has 18 nitrogen and oxygen atoms in total. The van der Waals surface area contributed by atoms with Crippen molar-refractivity contribution in [2.24, 2.45) is 17.2 Å². The molecule has 0 aliphatic carbocycles. The number of aliphatic carboxylic acids is 1. The van der Waals surface area contributed by atoms with Gasteiger partial charge in [-0.3, -0.25) is 19.2 Å². The van der Waals surface area contributed by atoms with Gasteiger partial charge >= 0.3 is 5.97 Å². The van der Waals surface area contributed by atoms with Gasteiger partial charge in [0.05, 0.1) is 17.0 Å². The van der Waals surface area contributed by atoms with Crippen LogP contribution in [0.15, 0.2) is 54.6 Å². The molecule has 1 aliphatic heterocycles. The third kappa shape index (κ3) is 11.1. The second kappa shape index (κ2) is 20.7. The number of aromatic hydroxyl groups is 1. The fraction of sp³-hybridized carbons (Fsp3) is 0.413. The zero-order valence-corrected chi connectivity index (χ0v) is 37.3. The lowest BCUT2D eigenvalue weighted by Gasteiger charge is -2.32. The van der Waals surface area contributed by atoms with Gasteiger partial charge in [-0.1, -0.05) is 51.1 Å². The molecule has 0 saturated heterocycles. The van der Waals surface area contributed by atoms with Gasteiger partial charge in [-0.15, -0.1) is 0 Å². The quantitative estimate of drug-likeness (QED) is 0.0903. The number of carboxylic acid groups (broad SMARTS) is 1. The minimum atomic E-state index is -1.48. The number of amides is 4. The summed E-state index contributed by atoms with van der Waals surface area (Å²) in [5.41, 5.74) is 21.2. The Morgan fingerprint density at radius 3 is 2.08 bits per heavy atom. The van der Waals surface area contributed by atoms with Crippen molar-refractivity contribution in [3.8, 4) is 39.8 Å². The van der Waals surface area contributed by atoms with Crippen LogP contribution in [-0.2, 0) is 31.0 Å². The van der Waals surface area contributed by atoms with Crippen LogP contribution < -0.4 is 42.6 Å². The van der Waals surface area contributed by atoms with E-state index in [1.165, 1.54) is 32.2 Å². The number of nitrogens with two attached hydrogens (primary N) is 3. The largest absolute Gasteiger partial charge is 0.504 e. The number of rotatable bonds is 14. The minimum Gasteiger partial charge on any atom is -0.504 e. The lowest BCUT2D eigenvalue weighted by Crippen LogP contribution is -2.55. The molecule has 64 heavy (non-hydrogen) atoms. The Morgan fingerprint density at radius 1 is 0.875 bits per heavy atom. The molecule has 5 rings (SSSR count). The summed E-state index contributed by atoms with van der Waals surface area (Å²) in [7, 11) is 1.37. The summed E-state index contributed by atoms with van der Waals surface area (Å²) >= 11 is 0. The van der Waals surface area contributed by atoms with Crippen LogP contribution in [-0.4, -0.2) is 113 Å². The SMILES string of the molecule is Cc1nc(-c2ccc(C(C)(C)C)cc2)nc(C)c1C(=O)NC(CCN)C(=O)N(C)C1C(=O)NC(C)C(=O)NC(C(=O)O)Cc2cc(OCCN)c(O)c(c2)-c2cc1ccc2OCCN. The molecule has 3 aromatic carbocycles. The number of carbonyl (C=O) groups is 5. The number of ether oxygens (including phenoxy) is 2. The molecule has 0 spiro atoms. The van der Waals surface area contributed by atoms with Gasteiger partial charge in [-0.25, -0.2) is 14.8 Å². The number of hydrogen-bond donors (Lipinski definition) is 8. The maximum absolute atomic E-state index is 14.6. The van der Waals surface area contributed by atoms with Gasteiger partial charge in [0.25, 0.3) is 5.91 Å². The topological polar surface area (TPSA) is 287 Å². The molecule has 1 aliphatic rings. The number of nitrogens with zero attached hydrogens (tertiary/aromatic N) is 3. The summed E-state index contributed by atoms with van der Waals surface area (Å²) < 4.78 is 11.8. The predicted octanol–water partition coefficient (Wildman–Crippen LogP) is 2.38. The maximum Gasteiger partial charge on any atom is 0.326 e. The number of fused-ring (bicyclic) bond motifs is 5. The number of hydrogen-bond acceptors (Lipinski definition) is 13. The lowest BCUT2D eigenvalue weighted by atomic mass is 9.86. The van der Waals surface area contributed by atoms with Crippen molar-refractivity contribution in [1.29, 1.82) is 0 Å². The Hall–Kier alpha value is -6.63. The smallest absolute Gasteiger partial charge is 0.326 e. The molecular formula is C46H59N9O9. The van der Waals surface area contributed by atoms with Crippen molar-refractivity contribution >= 4 is 29.6 Å². The summed E-state index contributed by atoms with van der Waals surface area (Å²) in [6.07, 6.45) is -0.263. The highest BCUT2D eigenvalue weighted by Gasteiger charge is 2.36. The zero-order valence-electron chi connectivity index (χ0n) is 37.3. The average Bonchev–Trinajstić information content (AvgIpc) is 3.24. The van der Waals surface area contributed by atoms with E-state index in [-0.39, 0.29) is 90.6 Å². The Morgan fingerprint density at radius 2 is 1.50 bits per heavy atom. The van der Waals surface area contributed by atoms with Crippen molar-refractivity contribution in [2.75, 3.05) is 39.9 Å². The third-order valence-electron chi connectivity index (χ3n) is 10.9. The number of phenolic OH excluding ortho intramolecular Hbond substituents is 1. The molecule has 11 N–H and O–H groups in total. The second-order valence-corrected chi connectivity index (χ2v) is 16.7. The fourth-order valence-electron chi connectivity index (χ4n) is 7.45. The molecule has 0 fully saturated rings. The van der Waals surface area contributed by atoms with Crippen LogP contribution in [0, 0.1) is 13.8 Å². The van der Waals surface area contributed by atoms with Crippen LogP contribution in [0.3, 0.4) is 0 Å². The van der Waals surface area contributed by atoms with E-state index in [4.69, 9.17) is 26.7 Å². The highest BCUT2D eigenvalue weighted by Crippen LogP contribution is 2.44. The minimum absolute atomic E-state index is 0.00297. The number of aromatic nitrogens is 2. The molecule has 18 heteroatoms. The second-order valence-electron chi connectivity index (χ2n) is 16.7. The van der Waals surface area contributed by atoms with E-state index < -0.39 is 53.8 Å². The summed E-state index contributed by atoms with van der Waals surface area (Å²) in [6, 6.07) is 10.0. The normalized spacial score (nSPS) is 17.0. The number of likely N-dealkylation sites (N-methyl/N-ethyl adjacent to an activating group) is 1. The molecule has 0 radical (unpaired) electrons. The van der Waals surface area contributed by atoms with Crippen molar-refractivity contribution in [1.82, 2.24) is 30.8 Å². The van der Waals surface area contributed by atoms with Gasteiger partial charge < -0.3 is 57.7 Å². The number of carboxylic acids is 1. The number of nitrogens with one attached hydrogen (secondary N) is 3. The predicted molar refractivity (Wildman–Crippen MR) is 240 cm³/mol. The highest BCUT2D eigenvalue weighted by atomic mass is 16.5. The van der Waals surface area contributed by atoms with Gasteiger partial charge in [0.1, 0.15) is 43.1 Å². The molecule has 0 saturated carbocycles. The van der Waals surface area contributed by atoms with Crippen LogP contribution in [0.4, 0.5) is 0 Å². The lowest BCUT2D eigenvalue weighted by molar-refractivity contribution is -0.143. The number of phenols is 1. The monoisotopic (exact) mass is 881 g/mol. The van der Waals surface area contributed by atoms with E-state index in [1.54, 1.807) is 26.0 Å². The van der Waals surface area contributed by atoms with E-state index in [0.29, 0.717) is 22.8 Å². The summed E-state index contributed by atoms with van der Waals surface area (Å²) in [5, 5.41) is 29.7. The van der Waals surface area contributed by atoms with Crippen LogP contribution in [0.5, 0.6) is 17.2 Å². The van der Waals surface area contributed by atoms with Crippen molar-refractivity contribution in [3.63, 3.8) is 0 Å². The van der Waals surface area contributed by atoms with E-state index in [2.05, 4.69) is 46.7 Å². The van der Waals surface area contributed by atoms with Gasteiger partial charge in [0.2, 0.25) is 17.7 Å². The Balaban J connectivity index is 1.58. The molecule has 1 aromatic heterocycles. The van der Waals surface area contributed by atoms with Gasteiger partial charge in [-0.2, -0.15) is 0 Å². The van der Waals surface area contributed by atoms with Gasteiger partial charge in [0, 0.05) is 43.2 Å². The van der Waals surface area contributed by atoms with Crippen LogP contribution in [0.1, 0.15) is 78.6 Å². The van der Waals surface area contributed by atoms with E-state index in [0.717, 1.165) is 16.0 Å². The molecule has 4 unspecified atom stereocenters. The first kappa shape index (κ1) is 48.4. The van der Waals surface area contributed by atoms with Crippen molar-refractivity contribution in [2.45, 2.75) is 84.0 Å². The van der Waals surface area contributed by atoms with E-state index >= 15 is 0 Å². The summed E-state index contributed by atoms with van der Waals surface area (Å²) in [5.74, 6) is -4.04. The van der Waals surface area contributed by atoms with Crippen LogP contribution >= 0.6 is 0 Å². The molecule has 4 bridgehead atoms. The Bertz CT molecular complexity index is 2360. The highest BCUT2D eigenvalue weighted by molar-refractivity contribution is 6.00. The average molecular weight is 882 g/mol. The van der Waals surface area contributed by atoms with E-state index in [9.17, 15) is 34.2 Å². The first-order chi connectivity index (χ1) is 30.3. The molecule has 2 heterocycles. The number of aryl methyl sites for hydroxylation is 2. The number of carbonyl (C=O) groups excluding carboxylic acids is 4. The maximum atomic E-state index is 14.6. The van der Waals surface area contributed by atoms with Gasteiger partial charge in [0.15, 0.2) is 17.3 Å². The first-order valence-corrected chi connectivity index (χ1v) is 21.0. The zero-order chi connectivity index (χ0) is 47.0. The molecule has 4 aromatic rings. The van der Waals surface area contributed by atoms with E-state index in [1.807, 2.05) is 24.3 Å². The Kier molecular flexibility index (Phi) is 15.7. The Labute approximate surface area is 372 Å².